The molecular formula is C18H18BrClO3. The Hall–Kier alpha value is -1.52. The maximum Gasteiger partial charge on any atom is 0.349 e. The molecule has 0 bridgehead atoms. The van der Waals surface area contributed by atoms with E-state index in [0.717, 1.165) is 15.6 Å². The van der Waals surface area contributed by atoms with Gasteiger partial charge in [0.05, 0.1) is 0 Å². The zero-order chi connectivity index (χ0) is 17.0. The first-order valence-electron chi connectivity index (χ1n) is 7.26. The van der Waals surface area contributed by atoms with Crippen LogP contribution in [-0.2, 0) is 4.79 Å². The van der Waals surface area contributed by atoms with Gasteiger partial charge < -0.3 is 9.47 Å². The largest absolute Gasteiger partial charge is 0.482 e. The van der Waals surface area contributed by atoms with Gasteiger partial charge in [0.15, 0.2) is 6.61 Å². The minimum atomic E-state index is -0.441. The molecule has 0 aliphatic carbocycles. The quantitative estimate of drug-likeness (QED) is 0.492. The molecular weight excluding hydrogens is 380 g/mol. The first kappa shape index (κ1) is 17.8. The molecule has 23 heavy (non-hydrogen) atoms. The van der Waals surface area contributed by atoms with Crippen molar-refractivity contribution in [1.29, 1.82) is 0 Å². The first-order chi connectivity index (χ1) is 10.9. The molecule has 0 amide bonds. The summed E-state index contributed by atoms with van der Waals surface area (Å²) in [4.78, 5) is 12.0. The van der Waals surface area contributed by atoms with Gasteiger partial charge in [-0.3, -0.25) is 0 Å². The van der Waals surface area contributed by atoms with Crippen molar-refractivity contribution in [1.82, 2.24) is 0 Å². The van der Waals surface area contributed by atoms with Gasteiger partial charge in [-0.25, -0.2) is 4.79 Å². The Kier molecular flexibility index (Phi) is 6.08. The van der Waals surface area contributed by atoms with Crippen molar-refractivity contribution >= 4 is 33.5 Å². The zero-order valence-electron chi connectivity index (χ0n) is 13.2. The van der Waals surface area contributed by atoms with Crippen LogP contribution >= 0.6 is 27.5 Å². The van der Waals surface area contributed by atoms with Crippen LogP contribution in [0.5, 0.6) is 11.5 Å². The van der Waals surface area contributed by atoms with E-state index in [1.807, 2.05) is 32.9 Å². The van der Waals surface area contributed by atoms with Crippen LogP contribution in [0, 0.1) is 6.92 Å². The van der Waals surface area contributed by atoms with Gasteiger partial charge in [0, 0.05) is 9.50 Å². The predicted molar refractivity (Wildman–Crippen MR) is 95.6 cm³/mol. The second kappa shape index (κ2) is 7.84. The first-order valence-corrected chi connectivity index (χ1v) is 8.43. The fourth-order valence-electron chi connectivity index (χ4n) is 2.13. The Balaban J connectivity index is 2.03. The summed E-state index contributed by atoms with van der Waals surface area (Å²) in [5, 5.41) is 0.633. The number of hydrogen-bond donors (Lipinski definition) is 0. The van der Waals surface area contributed by atoms with Crippen LogP contribution < -0.4 is 9.47 Å². The number of carbonyl (C=O) groups is 1. The van der Waals surface area contributed by atoms with Crippen LogP contribution in [0.15, 0.2) is 40.9 Å². The van der Waals surface area contributed by atoms with Gasteiger partial charge in [-0.2, -0.15) is 0 Å². The van der Waals surface area contributed by atoms with E-state index in [0.29, 0.717) is 16.5 Å². The molecule has 0 aromatic heterocycles. The summed E-state index contributed by atoms with van der Waals surface area (Å²) < 4.78 is 11.9. The molecule has 0 saturated heterocycles. The number of aryl methyl sites for hydroxylation is 1. The highest BCUT2D eigenvalue weighted by molar-refractivity contribution is 9.10. The number of rotatable bonds is 5. The summed E-state index contributed by atoms with van der Waals surface area (Å²) in [6.45, 7) is 5.81. The van der Waals surface area contributed by atoms with Crippen LogP contribution in [0.25, 0.3) is 0 Å². The smallest absolute Gasteiger partial charge is 0.349 e. The van der Waals surface area contributed by atoms with Gasteiger partial charge in [-0.1, -0.05) is 41.4 Å². The fraction of sp³-hybridized carbons (Fsp3) is 0.278. The average Bonchev–Trinajstić information content (AvgIpc) is 2.48. The molecule has 0 aliphatic heterocycles. The normalized spacial score (nSPS) is 10.7. The summed E-state index contributed by atoms with van der Waals surface area (Å²) in [5.41, 5.74) is 1.84. The molecule has 0 radical (unpaired) electrons. The van der Waals surface area contributed by atoms with Gasteiger partial charge in [0.1, 0.15) is 11.5 Å². The van der Waals surface area contributed by atoms with E-state index < -0.39 is 5.97 Å². The van der Waals surface area contributed by atoms with Crippen molar-refractivity contribution in [3.8, 4) is 11.5 Å². The molecule has 2 aromatic rings. The minimum absolute atomic E-state index is 0.157. The monoisotopic (exact) mass is 396 g/mol. The Morgan fingerprint density at radius 1 is 1.17 bits per heavy atom. The molecule has 0 saturated carbocycles. The fourth-order valence-corrected chi connectivity index (χ4v) is 2.73. The average molecular weight is 398 g/mol. The highest BCUT2D eigenvalue weighted by Crippen LogP contribution is 2.29. The van der Waals surface area contributed by atoms with Crippen molar-refractivity contribution in [3.63, 3.8) is 0 Å². The number of carbonyl (C=O) groups excluding carboxylic acids is 1. The van der Waals surface area contributed by atoms with Crippen LogP contribution in [-0.4, -0.2) is 12.6 Å². The topological polar surface area (TPSA) is 35.5 Å². The molecule has 122 valence electrons. The molecule has 0 unspecified atom stereocenters. The Morgan fingerprint density at radius 3 is 2.52 bits per heavy atom. The van der Waals surface area contributed by atoms with E-state index >= 15 is 0 Å². The van der Waals surface area contributed by atoms with Gasteiger partial charge >= 0.3 is 5.97 Å². The van der Waals surface area contributed by atoms with Gasteiger partial charge in [0.25, 0.3) is 0 Å². The van der Waals surface area contributed by atoms with Crippen LogP contribution in [0.3, 0.4) is 0 Å². The van der Waals surface area contributed by atoms with Crippen LogP contribution in [0.4, 0.5) is 0 Å². The number of hydrogen-bond acceptors (Lipinski definition) is 3. The third-order valence-electron chi connectivity index (χ3n) is 3.30. The molecule has 0 fully saturated rings. The van der Waals surface area contributed by atoms with E-state index in [4.69, 9.17) is 21.1 Å². The van der Waals surface area contributed by atoms with Crippen LogP contribution in [0.2, 0.25) is 5.02 Å². The van der Waals surface area contributed by atoms with E-state index in [2.05, 4.69) is 15.9 Å². The summed E-state index contributed by atoms with van der Waals surface area (Å²) >= 11 is 9.33. The third kappa shape index (κ3) is 4.98. The summed E-state index contributed by atoms with van der Waals surface area (Å²) in [7, 11) is 0. The highest BCUT2D eigenvalue weighted by atomic mass is 79.9. The van der Waals surface area contributed by atoms with Crippen molar-refractivity contribution < 1.29 is 14.3 Å². The summed E-state index contributed by atoms with van der Waals surface area (Å²) in [6.07, 6.45) is 0. The number of ether oxygens (including phenoxy) is 2. The van der Waals surface area contributed by atoms with Crippen molar-refractivity contribution in [3.05, 3.63) is 57.0 Å². The minimum Gasteiger partial charge on any atom is -0.482 e. The molecule has 3 nitrogen and oxygen atoms in total. The highest BCUT2D eigenvalue weighted by Gasteiger charge is 2.13. The lowest BCUT2D eigenvalue weighted by molar-refractivity contribution is -0.136. The van der Waals surface area contributed by atoms with E-state index in [1.165, 1.54) is 0 Å². The third-order valence-corrected chi connectivity index (χ3v) is 4.03. The molecule has 0 atom stereocenters. The molecule has 0 N–H and O–H groups in total. The standard InChI is InChI=1S/C18H18BrClO3/c1-11(2)15-9-13(19)4-6-17(15)23-18(21)10-22-16-7-5-14(20)8-12(16)3/h4-9,11H,10H2,1-3H3. The van der Waals surface area contributed by atoms with Gasteiger partial charge in [0.2, 0.25) is 0 Å². The van der Waals surface area contributed by atoms with E-state index in [1.54, 1.807) is 24.3 Å². The van der Waals surface area contributed by atoms with Crippen LogP contribution in [0.1, 0.15) is 30.9 Å². The lowest BCUT2D eigenvalue weighted by atomic mass is 10.0. The van der Waals surface area contributed by atoms with Gasteiger partial charge in [-0.15, -0.1) is 0 Å². The van der Waals surface area contributed by atoms with E-state index in [9.17, 15) is 4.79 Å². The summed E-state index contributed by atoms with van der Waals surface area (Å²) in [6, 6.07) is 10.8. The van der Waals surface area contributed by atoms with Gasteiger partial charge in [-0.05, 0) is 60.4 Å². The van der Waals surface area contributed by atoms with E-state index in [-0.39, 0.29) is 12.5 Å². The Bertz CT molecular complexity index is 713. The van der Waals surface area contributed by atoms with Crippen molar-refractivity contribution in [2.45, 2.75) is 26.7 Å². The lowest BCUT2D eigenvalue weighted by Gasteiger charge is -2.14. The Labute approximate surface area is 149 Å². The molecule has 5 heteroatoms. The molecule has 0 spiro atoms. The van der Waals surface area contributed by atoms with Crippen molar-refractivity contribution in [2.75, 3.05) is 6.61 Å². The zero-order valence-corrected chi connectivity index (χ0v) is 15.6. The second-order valence-electron chi connectivity index (χ2n) is 5.51. The molecule has 2 aromatic carbocycles. The number of halogens is 2. The molecule has 2 rings (SSSR count). The SMILES string of the molecule is Cc1cc(Cl)ccc1OCC(=O)Oc1ccc(Br)cc1C(C)C. The molecule has 0 aliphatic rings. The number of benzene rings is 2. The maximum absolute atomic E-state index is 12.0. The lowest BCUT2D eigenvalue weighted by Crippen LogP contribution is -2.18. The summed E-state index contributed by atoms with van der Waals surface area (Å²) in [5.74, 6) is 0.981. The van der Waals surface area contributed by atoms with Crippen molar-refractivity contribution in [2.24, 2.45) is 0 Å². The Morgan fingerprint density at radius 2 is 1.87 bits per heavy atom. The molecule has 0 heterocycles. The predicted octanol–water partition coefficient (Wildman–Crippen LogP) is 5.52. The maximum atomic E-state index is 12.0. The second-order valence-corrected chi connectivity index (χ2v) is 6.86. The number of esters is 1.